The number of nitrogens with one attached hydrogen (secondary N) is 1. The maximum atomic E-state index is 13.4. The van der Waals surface area contributed by atoms with Crippen molar-refractivity contribution in [3.63, 3.8) is 0 Å². The fourth-order valence-corrected chi connectivity index (χ4v) is 4.36. The van der Waals surface area contributed by atoms with Crippen LogP contribution in [0.15, 0.2) is 36.7 Å². The van der Waals surface area contributed by atoms with Crippen molar-refractivity contribution in [3.8, 4) is 34.8 Å². The molecule has 0 saturated heterocycles. The molecule has 0 aliphatic heterocycles. The molecule has 0 bridgehead atoms. The summed E-state index contributed by atoms with van der Waals surface area (Å²) in [6, 6.07) is 8.01. The number of fused-ring (bicyclic) bond motifs is 1. The number of hydrogen-bond acceptors (Lipinski definition) is 8. The summed E-state index contributed by atoms with van der Waals surface area (Å²) < 4.78 is 32.2. The fraction of sp³-hybridized carbons (Fsp3) is 0.231. The van der Waals surface area contributed by atoms with Crippen molar-refractivity contribution in [2.75, 3.05) is 12.4 Å². The van der Waals surface area contributed by atoms with E-state index in [9.17, 15) is 13.6 Å². The summed E-state index contributed by atoms with van der Waals surface area (Å²) in [6.07, 6.45) is 2.20. The first-order valence-electron chi connectivity index (χ1n) is 11.2. The first-order chi connectivity index (χ1) is 17.9. The van der Waals surface area contributed by atoms with Gasteiger partial charge in [0.25, 0.3) is 12.3 Å². The molecule has 1 aliphatic carbocycles. The molecule has 8 nitrogen and oxygen atoms in total. The summed E-state index contributed by atoms with van der Waals surface area (Å²) >= 11 is 1.15. The van der Waals surface area contributed by atoms with Gasteiger partial charge in [0, 0.05) is 17.0 Å². The van der Waals surface area contributed by atoms with Gasteiger partial charge in [-0.1, -0.05) is 23.3 Å². The zero-order valence-corrected chi connectivity index (χ0v) is 20.3. The number of amides is 1. The highest BCUT2D eigenvalue weighted by Gasteiger charge is 2.21. The highest BCUT2D eigenvalue weighted by Crippen LogP contribution is 2.36. The molecule has 1 saturated carbocycles. The summed E-state index contributed by atoms with van der Waals surface area (Å²) in [5, 5.41) is 12.2. The largest absolute Gasteiger partial charge is 0.494 e. The van der Waals surface area contributed by atoms with E-state index in [0.29, 0.717) is 33.2 Å². The van der Waals surface area contributed by atoms with Gasteiger partial charge in [-0.25, -0.2) is 18.7 Å². The minimum Gasteiger partial charge on any atom is -0.494 e. The zero-order valence-electron chi connectivity index (χ0n) is 19.5. The molecule has 5 rings (SSSR count). The average molecular weight is 517 g/mol. The lowest BCUT2D eigenvalue weighted by Gasteiger charge is -2.15. The molecular weight excluding hydrogens is 498 g/mol. The van der Waals surface area contributed by atoms with Gasteiger partial charge in [-0.3, -0.25) is 15.1 Å². The molecule has 11 heteroatoms. The Hall–Kier alpha value is -4.48. The van der Waals surface area contributed by atoms with Crippen LogP contribution < -0.4 is 10.1 Å². The first-order valence-corrected chi connectivity index (χ1v) is 12.1. The number of nitriles is 1. The normalized spacial score (nSPS) is 12.6. The molecule has 4 aromatic rings. The van der Waals surface area contributed by atoms with Gasteiger partial charge in [0.2, 0.25) is 0 Å². The van der Waals surface area contributed by atoms with Crippen LogP contribution in [0.1, 0.15) is 46.6 Å². The highest BCUT2D eigenvalue weighted by molar-refractivity contribution is 7.21. The molecular formula is C26H18F2N6O2S. The Morgan fingerprint density at radius 3 is 2.78 bits per heavy atom. The van der Waals surface area contributed by atoms with Crippen molar-refractivity contribution < 1.29 is 18.3 Å². The van der Waals surface area contributed by atoms with Gasteiger partial charge in [0.05, 0.1) is 32.0 Å². The van der Waals surface area contributed by atoms with E-state index in [4.69, 9.17) is 10.00 Å². The van der Waals surface area contributed by atoms with Crippen LogP contribution in [-0.2, 0) is 6.42 Å². The van der Waals surface area contributed by atoms with Crippen LogP contribution in [0.2, 0.25) is 0 Å². The number of nitrogens with zero attached hydrogens (tertiary/aromatic N) is 5. The second-order valence-corrected chi connectivity index (χ2v) is 9.20. The van der Waals surface area contributed by atoms with Crippen molar-refractivity contribution in [1.82, 2.24) is 19.9 Å². The summed E-state index contributed by atoms with van der Waals surface area (Å²) in [7, 11) is 1.38. The predicted octanol–water partition coefficient (Wildman–Crippen LogP) is 5.17. The molecule has 37 heavy (non-hydrogen) atoms. The third kappa shape index (κ3) is 5.37. The van der Waals surface area contributed by atoms with E-state index in [0.717, 1.165) is 24.2 Å². The van der Waals surface area contributed by atoms with E-state index < -0.39 is 18.0 Å². The fourth-order valence-electron chi connectivity index (χ4n) is 3.57. The van der Waals surface area contributed by atoms with Crippen molar-refractivity contribution in [2.24, 2.45) is 5.92 Å². The molecule has 1 fully saturated rings. The smallest absolute Gasteiger partial charge is 0.280 e. The Morgan fingerprint density at radius 2 is 2.05 bits per heavy atom. The lowest BCUT2D eigenvalue weighted by Crippen LogP contribution is -2.13. The van der Waals surface area contributed by atoms with Crippen molar-refractivity contribution in [3.05, 3.63) is 59.2 Å². The topological polar surface area (TPSA) is 114 Å². The van der Waals surface area contributed by atoms with Crippen molar-refractivity contribution in [2.45, 2.75) is 25.7 Å². The molecule has 1 N–H and O–H groups in total. The van der Waals surface area contributed by atoms with Gasteiger partial charge in [-0.05, 0) is 48.1 Å². The summed E-state index contributed by atoms with van der Waals surface area (Å²) in [5.41, 5.74) is 1.82. The minimum atomic E-state index is -2.81. The van der Waals surface area contributed by atoms with Gasteiger partial charge in [0.1, 0.15) is 17.1 Å². The maximum Gasteiger partial charge on any atom is 0.280 e. The number of alkyl halides is 2. The second-order valence-electron chi connectivity index (χ2n) is 8.23. The second kappa shape index (κ2) is 10.2. The number of pyridine rings is 1. The Labute approximate surface area is 214 Å². The number of benzene rings is 1. The number of ether oxygens (including phenoxy) is 1. The van der Waals surface area contributed by atoms with Gasteiger partial charge < -0.3 is 4.74 Å². The lowest BCUT2D eigenvalue weighted by atomic mass is 9.95. The Balaban J connectivity index is 1.50. The Morgan fingerprint density at radius 1 is 1.22 bits per heavy atom. The van der Waals surface area contributed by atoms with Gasteiger partial charge in [0.15, 0.2) is 15.6 Å². The number of carbonyl (C=O) groups is 1. The molecule has 0 atom stereocenters. The summed E-state index contributed by atoms with van der Waals surface area (Å²) in [6.45, 7) is 0. The number of thiazole rings is 1. The maximum absolute atomic E-state index is 13.4. The summed E-state index contributed by atoms with van der Waals surface area (Å²) in [4.78, 5) is 30.7. The molecule has 184 valence electrons. The quantitative estimate of drug-likeness (QED) is 0.352. The Bertz CT molecular complexity index is 1620. The van der Waals surface area contributed by atoms with Crippen LogP contribution >= 0.6 is 11.3 Å². The number of carbonyl (C=O) groups excluding carboxylic acids is 1. The van der Waals surface area contributed by atoms with E-state index in [1.807, 2.05) is 0 Å². The van der Waals surface area contributed by atoms with E-state index >= 15 is 0 Å². The molecule has 0 unspecified atom stereocenters. The first kappa shape index (κ1) is 24.2. The number of hydrogen-bond donors (Lipinski definition) is 1. The zero-order chi connectivity index (χ0) is 25.9. The Kier molecular flexibility index (Phi) is 6.71. The SMILES string of the molecule is COc1cnc(C(F)F)cc1-c1cc(CC#N)ccc1C(=O)Nc1nc2ncc(C#CC3CC3)nc2s1. The van der Waals surface area contributed by atoms with E-state index in [1.54, 1.807) is 18.3 Å². The van der Waals surface area contributed by atoms with Gasteiger partial charge >= 0.3 is 0 Å². The average Bonchev–Trinajstić information content (AvgIpc) is 3.65. The van der Waals surface area contributed by atoms with Crippen LogP contribution in [-0.4, -0.2) is 33.0 Å². The molecule has 1 aliphatic rings. The molecule has 0 radical (unpaired) electrons. The van der Waals surface area contributed by atoms with E-state index in [-0.39, 0.29) is 28.4 Å². The van der Waals surface area contributed by atoms with Crippen molar-refractivity contribution >= 4 is 32.9 Å². The van der Waals surface area contributed by atoms with E-state index in [2.05, 4.69) is 43.2 Å². The van der Waals surface area contributed by atoms with Crippen LogP contribution in [0.3, 0.4) is 0 Å². The van der Waals surface area contributed by atoms with Crippen LogP contribution in [0.25, 0.3) is 21.6 Å². The van der Waals surface area contributed by atoms with Crippen LogP contribution in [0.5, 0.6) is 5.75 Å². The minimum absolute atomic E-state index is 0.0746. The molecule has 3 aromatic heterocycles. The van der Waals surface area contributed by atoms with Crippen LogP contribution in [0, 0.1) is 29.1 Å². The van der Waals surface area contributed by atoms with E-state index in [1.165, 1.54) is 25.4 Å². The molecule has 1 amide bonds. The third-order valence-electron chi connectivity index (χ3n) is 5.56. The van der Waals surface area contributed by atoms with Gasteiger partial charge in [-0.15, -0.1) is 0 Å². The predicted molar refractivity (Wildman–Crippen MR) is 133 cm³/mol. The van der Waals surface area contributed by atoms with Crippen molar-refractivity contribution in [1.29, 1.82) is 5.26 Å². The third-order valence-corrected chi connectivity index (χ3v) is 6.41. The molecule has 3 heterocycles. The number of rotatable bonds is 6. The number of anilines is 1. The molecule has 0 spiro atoms. The monoisotopic (exact) mass is 516 g/mol. The standard InChI is InChI=1S/C26H18F2N6O2S/c1-36-21-13-30-20(22(27)28)11-19(21)18-10-15(8-9-29)5-7-17(18)24(35)34-26-33-23-25(37-26)32-16(12-31-23)6-4-14-2-3-14/h5,7,10-14,22H,2-3,8H2,1H3,(H,31,33,34,35). The van der Waals surface area contributed by atoms with Gasteiger partial charge in [-0.2, -0.15) is 10.2 Å². The molecule has 1 aromatic carbocycles. The number of halogens is 2. The van der Waals surface area contributed by atoms with Crippen LogP contribution in [0.4, 0.5) is 13.9 Å². The number of aromatic nitrogens is 4. The number of methoxy groups -OCH3 is 1. The highest BCUT2D eigenvalue weighted by atomic mass is 32.1. The lowest BCUT2D eigenvalue weighted by molar-refractivity contribution is 0.102. The summed E-state index contributed by atoms with van der Waals surface area (Å²) in [5.74, 6) is 6.26.